The molecule has 5 rings (SSSR count). The molecular weight excluding hydrogens is 446 g/mol. The van der Waals surface area contributed by atoms with E-state index in [1.54, 1.807) is 11.0 Å². The largest absolute Gasteiger partial charge is 0.349 e. The van der Waals surface area contributed by atoms with Gasteiger partial charge in [-0.15, -0.1) is 0 Å². The van der Waals surface area contributed by atoms with Crippen LogP contribution in [0.4, 0.5) is 0 Å². The number of aromatic nitrogens is 3. The van der Waals surface area contributed by atoms with Gasteiger partial charge in [0.1, 0.15) is 43.6 Å². The lowest BCUT2D eigenvalue weighted by molar-refractivity contribution is -0.248. The molecule has 4 saturated heterocycles. The monoisotopic (exact) mass is 481 g/mol. The summed E-state index contributed by atoms with van der Waals surface area (Å²) in [6.45, 7) is 12.4. The summed E-state index contributed by atoms with van der Waals surface area (Å²) >= 11 is 0. The number of amides is 1. The number of fused-ring (bicyclic) bond motifs is 1. The molecule has 34 heavy (non-hydrogen) atoms. The van der Waals surface area contributed by atoms with E-state index in [9.17, 15) is 4.79 Å². The van der Waals surface area contributed by atoms with Crippen molar-refractivity contribution in [1.29, 1.82) is 0 Å². The fourth-order valence-corrected chi connectivity index (χ4v) is 4.97. The summed E-state index contributed by atoms with van der Waals surface area (Å²) in [6, 6.07) is 0. The normalized spacial score (nSPS) is 35.1. The topological polar surface area (TPSA) is 110 Å². The average Bonchev–Trinajstić information content (AvgIpc) is 3.54. The summed E-state index contributed by atoms with van der Waals surface area (Å²) in [5.74, 6) is -1.29. The maximum atomic E-state index is 12.4. The minimum absolute atomic E-state index is 0.0557. The lowest BCUT2D eigenvalue weighted by Crippen LogP contribution is -2.50. The second-order valence-corrected chi connectivity index (χ2v) is 10.1. The van der Waals surface area contributed by atoms with Crippen LogP contribution in [0.3, 0.4) is 0 Å². The van der Waals surface area contributed by atoms with Crippen LogP contribution in [0, 0.1) is 0 Å². The molecule has 1 aromatic heterocycles. The third kappa shape index (κ3) is 5.27. The zero-order valence-electron chi connectivity index (χ0n) is 20.3. The molecule has 1 unspecified atom stereocenters. The molecule has 0 saturated carbocycles. The van der Waals surface area contributed by atoms with Crippen molar-refractivity contribution in [3.05, 3.63) is 12.7 Å². The predicted molar refractivity (Wildman–Crippen MR) is 116 cm³/mol. The van der Waals surface area contributed by atoms with E-state index in [-0.39, 0.29) is 36.9 Å². The van der Waals surface area contributed by atoms with Crippen molar-refractivity contribution in [1.82, 2.24) is 24.6 Å². The number of hydrogen-bond acceptors (Lipinski definition) is 10. The lowest BCUT2D eigenvalue weighted by Gasteiger charge is -2.34. The Morgan fingerprint density at radius 2 is 1.79 bits per heavy atom. The summed E-state index contributed by atoms with van der Waals surface area (Å²) < 4.78 is 37.9. The minimum atomic E-state index is -0.705. The van der Waals surface area contributed by atoms with E-state index in [1.807, 2.05) is 32.6 Å². The van der Waals surface area contributed by atoms with Crippen LogP contribution < -0.4 is 0 Å². The summed E-state index contributed by atoms with van der Waals surface area (Å²) in [5, 5.41) is 4.00. The van der Waals surface area contributed by atoms with Gasteiger partial charge in [-0.25, -0.2) is 9.67 Å². The average molecular weight is 482 g/mol. The molecule has 4 aliphatic rings. The molecule has 0 N–H and O–H groups in total. The minimum Gasteiger partial charge on any atom is -0.349 e. The van der Waals surface area contributed by atoms with Gasteiger partial charge >= 0.3 is 0 Å². The number of nitrogens with zero attached hydrogens (tertiary/aromatic N) is 5. The molecule has 0 aromatic carbocycles. The van der Waals surface area contributed by atoms with Crippen molar-refractivity contribution in [2.75, 3.05) is 45.9 Å². The smallest absolute Gasteiger partial charge is 0.244 e. The predicted octanol–water partition coefficient (Wildman–Crippen LogP) is -0.165. The molecule has 12 heteroatoms. The molecule has 5 heterocycles. The van der Waals surface area contributed by atoms with E-state index in [4.69, 9.17) is 28.4 Å². The van der Waals surface area contributed by atoms with Crippen LogP contribution in [0.15, 0.2) is 12.7 Å². The van der Waals surface area contributed by atoms with E-state index in [0.717, 1.165) is 19.6 Å². The van der Waals surface area contributed by atoms with E-state index >= 15 is 0 Å². The number of carbonyl (C=O) groups is 1. The third-order valence-electron chi connectivity index (χ3n) is 6.62. The highest BCUT2D eigenvalue weighted by molar-refractivity contribution is 5.76. The van der Waals surface area contributed by atoms with Crippen LogP contribution in [0.25, 0.3) is 0 Å². The maximum absolute atomic E-state index is 12.4. The van der Waals surface area contributed by atoms with Gasteiger partial charge in [0, 0.05) is 32.7 Å². The molecule has 12 nitrogen and oxygen atoms in total. The van der Waals surface area contributed by atoms with Crippen molar-refractivity contribution < 1.29 is 33.2 Å². The molecule has 4 fully saturated rings. The van der Waals surface area contributed by atoms with Gasteiger partial charge in [-0.3, -0.25) is 9.69 Å². The Balaban J connectivity index is 1.08. The second-order valence-electron chi connectivity index (χ2n) is 10.1. The van der Waals surface area contributed by atoms with E-state index < -0.39 is 17.9 Å². The van der Waals surface area contributed by atoms with Gasteiger partial charge in [0.25, 0.3) is 0 Å². The Hall–Kier alpha value is -1.67. The van der Waals surface area contributed by atoms with Gasteiger partial charge in [-0.2, -0.15) is 5.10 Å². The van der Waals surface area contributed by atoms with E-state index in [0.29, 0.717) is 26.3 Å². The highest BCUT2D eigenvalue weighted by atomic mass is 16.8. The molecule has 0 bridgehead atoms. The third-order valence-corrected chi connectivity index (χ3v) is 6.62. The molecule has 1 amide bonds. The molecule has 190 valence electrons. The Morgan fingerprint density at radius 1 is 1.03 bits per heavy atom. The number of carbonyl (C=O) groups excluding carboxylic acids is 1. The van der Waals surface area contributed by atoms with E-state index in [1.165, 1.54) is 6.33 Å². The summed E-state index contributed by atoms with van der Waals surface area (Å²) in [4.78, 5) is 20.5. The van der Waals surface area contributed by atoms with Crippen LogP contribution in [0.1, 0.15) is 27.7 Å². The molecule has 0 spiro atoms. The highest BCUT2D eigenvalue weighted by Gasteiger charge is 2.59. The molecule has 5 atom stereocenters. The quantitative estimate of drug-likeness (QED) is 0.521. The maximum Gasteiger partial charge on any atom is 0.244 e. The first-order valence-corrected chi connectivity index (χ1v) is 12.0. The van der Waals surface area contributed by atoms with Crippen molar-refractivity contribution in [3.63, 3.8) is 0 Å². The van der Waals surface area contributed by atoms with E-state index in [2.05, 4.69) is 15.0 Å². The second kappa shape index (κ2) is 9.41. The number of ether oxygens (including phenoxy) is 6. The number of rotatable bonds is 7. The molecule has 0 aliphatic carbocycles. The van der Waals surface area contributed by atoms with Gasteiger partial charge < -0.3 is 33.3 Å². The standard InChI is InChI=1S/C22H35N5O7/c1-21(2)30-12-15(32-21)17-18-19(34-22(3,4)33-18)20(31-17)29-10-9-25-5-7-26(8-6-25)16(28)11-27-14-23-13-24-27/h13-15,17-20H,5-12H2,1-4H3/t15?,17-,18+,19+,20+/m1/s1. The Morgan fingerprint density at radius 3 is 2.47 bits per heavy atom. The van der Waals surface area contributed by atoms with Gasteiger partial charge in [0.15, 0.2) is 17.9 Å². The van der Waals surface area contributed by atoms with Gasteiger partial charge in [-0.05, 0) is 27.7 Å². The number of piperazine rings is 1. The van der Waals surface area contributed by atoms with Gasteiger partial charge in [0.05, 0.1) is 13.2 Å². The molecule has 4 aliphatic heterocycles. The zero-order valence-corrected chi connectivity index (χ0v) is 20.3. The highest BCUT2D eigenvalue weighted by Crippen LogP contribution is 2.42. The van der Waals surface area contributed by atoms with Crippen molar-refractivity contribution in [2.24, 2.45) is 0 Å². The SMILES string of the molecule is CC1(C)OCC([C@H]2O[C@H](OCCN3CCN(C(=O)Cn4cncn4)CC3)[C@H]3OC(C)(C)O[C@H]32)O1. The van der Waals surface area contributed by atoms with Crippen LogP contribution in [0.2, 0.25) is 0 Å². The van der Waals surface area contributed by atoms with Crippen LogP contribution in [-0.2, 0) is 39.8 Å². The Bertz CT molecular complexity index is 843. The Kier molecular flexibility index (Phi) is 6.66. The fourth-order valence-electron chi connectivity index (χ4n) is 4.97. The van der Waals surface area contributed by atoms with Crippen molar-refractivity contribution >= 4 is 5.91 Å². The Labute approximate surface area is 199 Å². The van der Waals surface area contributed by atoms with Gasteiger partial charge in [0.2, 0.25) is 5.91 Å². The zero-order chi connectivity index (χ0) is 23.9. The fraction of sp³-hybridized carbons (Fsp3) is 0.864. The summed E-state index contributed by atoms with van der Waals surface area (Å²) in [7, 11) is 0. The molecule has 1 aromatic rings. The van der Waals surface area contributed by atoms with Crippen molar-refractivity contribution in [2.45, 2.75) is 76.5 Å². The summed E-state index contributed by atoms with van der Waals surface area (Å²) in [5.41, 5.74) is 0. The first-order valence-electron chi connectivity index (χ1n) is 12.0. The van der Waals surface area contributed by atoms with Crippen molar-refractivity contribution in [3.8, 4) is 0 Å². The van der Waals surface area contributed by atoms with Crippen LogP contribution in [0.5, 0.6) is 0 Å². The number of hydrogen-bond donors (Lipinski definition) is 0. The summed E-state index contributed by atoms with van der Waals surface area (Å²) in [6.07, 6.45) is 1.30. The molecular formula is C22H35N5O7. The first kappa shape index (κ1) is 24.0. The van der Waals surface area contributed by atoms with Crippen LogP contribution >= 0.6 is 0 Å². The first-order chi connectivity index (χ1) is 16.2. The lowest BCUT2D eigenvalue weighted by atomic mass is 10.1. The molecule has 0 radical (unpaired) electrons. The van der Waals surface area contributed by atoms with Gasteiger partial charge in [-0.1, -0.05) is 0 Å². The van der Waals surface area contributed by atoms with Crippen LogP contribution in [-0.4, -0.2) is 119 Å².